The molecule has 92 valence electrons. The molecule has 1 aromatic heterocycles. The molecule has 17 heavy (non-hydrogen) atoms. The number of nitrogens with zero attached hydrogens (tertiary/aromatic N) is 3. The summed E-state index contributed by atoms with van der Waals surface area (Å²) in [6.45, 7) is 4.91. The standard InChI is InChI=1S/C12H18N4O/c1-9(2)16(4-3-5-17)12-11(14)6-10(7-13)8-15-12/h6,8-9,17H,3-5,14H2,1-2H3. The monoisotopic (exact) mass is 234 g/mol. The van der Waals surface area contributed by atoms with Crippen molar-refractivity contribution < 1.29 is 5.11 Å². The molecule has 1 heterocycles. The molecule has 0 atom stereocenters. The average Bonchev–Trinajstić information content (AvgIpc) is 2.30. The second kappa shape index (κ2) is 6.06. The van der Waals surface area contributed by atoms with Crippen molar-refractivity contribution in [1.82, 2.24) is 4.98 Å². The summed E-state index contributed by atoms with van der Waals surface area (Å²) < 4.78 is 0. The lowest BCUT2D eigenvalue weighted by atomic mass is 10.2. The number of anilines is 2. The van der Waals surface area contributed by atoms with Crippen molar-refractivity contribution in [1.29, 1.82) is 5.26 Å². The molecule has 3 N–H and O–H groups in total. The van der Waals surface area contributed by atoms with Crippen molar-refractivity contribution in [2.45, 2.75) is 26.3 Å². The van der Waals surface area contributed by atoms with Crippen LogP contribution in [0.3, 0.4) is 0 Å². The number of nitriles is 1. The van der Waals surface area contributed by atoms with Crippen LogP contribution in [0.5, 0.6) is 0 Å². The molecule has 5 heteroatoms. The van der Waals surface area contributed by atoms with Gasteiger partial charge in [0.1, 0.15) is 6.07 Å². The Hall–Kier alpha value is -1.80. The predicted molar refractivity (Wildman–Crippen MR) is 67.5 cm³/mol. The molecule has 0 radical (unpaired) electrons. The van der Waals surface area contributed by atoms with E-state index in [1.165, 1.54) is 6.20 Å². The molecule has 0 bridgehead atoms. The minimum absolute atomic E-state index is 0.138. The smallest absolute Gasteiger partial charge is 0.152 e. The summed E-state index contributed by atoms with van der Waals surface area (Å²) in [4.78, 5) is 6.24. The van der Waals surface area contributed by atoms with E-state index in [2.05, 4.69) is 4.98 Å². The van der Waals surface area contributed by atoms with E-state index < -0.39 is 0 Å². The lowest BCUT2D eigenvalue weighted by molar-refractivity contribution is 0.288. The van der Waals surface area contributed by atoms with Crippen LogP contribution in [0.15, 0.2) is 12.3 Å². The van der Waals surface area contributed by atoms with Gasteiger partial charge >= 0.3 is 0 Å². The molecule has 0 aliphatic heterocycles. The fraction of sp³-hybridized carbons (Fsp3) is 0.500. The van der Waals surface area contributed by atoms with E-state index in [4.69, 9.17) is 16.1 Å². The summed E-state index contributed by atoms with van der Waals surface area (Å²) >= 11 is 0. The maximum Gasteiger partial charge on any atom is 0.152 e. The third kappa shape index (κ3) is 3.33. The Bertz CT molecular complexity index is 411. The van der Waals surface area contributed by atoms with Gasteiger partial charge in [0.05, 0.1) is 11.3 Å². The Morgan fingerprint density at radius 2 is 2.29 bits per heavy atom. The van der Waals surface area contributed by atoms with E-state index in [0.717, 1.165) is 0 Å². The first-order valence-corrected chi connectivity index (χ1v) is 5.63. The number of aliphatic hydroxyl groups excluding tert-OH is 1. The second-order valence-electron chi connectivity index (χ2n) is 4.11. The molecular formula is C12H18N4O. The summed E-state index contributed by atoms with van der Waals surface area (Å²) in [7, 11) is 0. The zero-order chi connectivity index (χ0) is 12.8. The van der Waals surface area contributed by atoms with Crippen LogP contribution >= 0.6 is 0 Å². The predicted octanol–water partition coefficient (Wildman–Crippen LogP) is 1.13. The van der Waals surface area contributed by atoms with Crippen LogP contribution < -0.4 is 10.6 Å². The molecule has 0 aliphatic rings. The van der Waals surface area contributed by atoms with Gasteiger partial charge in [0, 0.05) is 25.4 Å². The first-order chi connectivity index (χ1) is 8.10. The van der Waals surface area contributed by atoms with Gasteiger partial charge in [-0.2, -0.15) is 5.26 Å². The van der Waals surface area contributed by atoms with Crippen LogP contribution in [-0.2, 0) is 0 Å². The zero-order valence-corrected chi connectivity index (χ0v) is 10.2. The molecule has 1 aromatic rings. The third-order valence-corrected chi connectivity index (χ3v) is 2.48. The average molecular weight is 234 g/mol. The highest BCUT2D eigenvalue weighted by molar-refractivity contribution is 5.64. The number of nitrogen functional groups attached to an aromatic ring is 1. The minimum atomic E-state index is 0.138. The fourth-order valence-corrected chi connectivity index (χ4v) is 1.63. The van der Waals surface area contributed by atoms with Crippen LogP contribution in [0, 0.1) is 11.3 Å². The van der Waals surface area contributed by atoms with E-state index in [1.807, 2.05) is 24.8 Å². The topological polar surface area (TPSA) is 86.2 Å². The highest BCUT2D eigenvalue weighted by atomic mass is 16.3. The van der Waals surface area contributed by atoms with Crippen LogP contribution in [0.1, 0.15) is 25.8 Å². The number of aliphatic hydroxyl groups is 1. The Morgan fingerprint density at radius 1 is 1.59 bits per heavy atom. The first-order valence-electron chi connectivity index (χ1n) is 5.63. The molecule has 1 rings (SSSR count). The molecule has 0 unspecified atom stereocenters. The molecule has 0 fully saturated rings. The van der Waals surface area contributed by atoms with Gasteiger partial charge in [-0.3, -0.25) is 0 Å². The number of aromatic nitrogens is 1. The SMILES string of the molecule is CC(C)N(CCCO)c1ncc(C#N)cc1N. The maximum atomic E-state index is 8.87. The zero-order valence-electron chi connectivity index (χ0n) is 10.2. The fourth-order valence-electron chi connectivity index (χ4n) is 1.63. The second-order valence-corrected chi connectivity index (χ2v) is 4.11. The maximum absolute atomic E-state index is 8.87. The molecule has 0 saturated carbocycles. The normalized spacial score (nSPS) is 10.3. The minimum Gasteiger partial charge on any atom is -0.396 e. The molecular weight excluding hydrogens is 216 g/mol. The van der Waals surface area contributed by atoms with Crippen molar-refractivity contribution in [3.63, 3.8) is 0 Å². The van der Waals surface area contributed by atoms with Crippen LogP contribution in [-0.4, -0.2) is 29.3 Å². The van der Waals surface area contributed by atoms with Crippen LogP contribution in [0.4, 0.5) is 11.5 Å². The van der Waals surface area contributed by atoms with E-state index in [9.17, 15) is 0 Å². The van der Waals surface area contributed by atoms with E-state index in [0.29, 0.717) is 30.0 Å². The summed E-state index contributed by atoms with van der Waals surface area (Å²) in [5, 5.41) is 17.6. The molecule has 0 aliphatic carbocycles. The third-order valence-electron chi connectivity index (χ3n) is 2.48. The first kappa shape index (κ1) is 13.3. The summed E-state index contributed by atoms with van der Waals surface area (Å²) in [6, 6.07) is 3.87. The van der Waals surface area contributed by atoms with Crippen molar-refractivity contribution in [3.05, 3.63) is 17.8 Å². The quantitative estimate of drug-likeness (QED) is 0.797. The van der Waals surface area contributed by atoms with E-state index >= 15 is 0 Å². The highest BCUT2D eigenvalue weighted by Crippen LogP contribution is 2.23. The largest absolute Gasteiger partial charge is 0.396 e. The number of nitrogens with two attached hydrogens (primary N) is 1. The molecule has 0 aromatic carbocycles. The van der Waals surface area contributed by atoms with Gasteiger partial charge in [-0.15, -0.1) is 0 Å². The Morgan fingerprint density at radius 3 is 2.76 bits per heavy atom. The van der Waals surface area contributed by atoms with Gasteiger partial charge in [0.15, 0.2) is 5.82 Å². The number of rotatable bonds is 5. The lowest BCUT2D eigenvalue weighted by Crippen LogP contribution is -2.33. The summed E-state index contributed by atoms with van der Waals surface area (Å²) in [5.74, 6) is 0.674. The van der Waals surface area contributed by atoms with Crippen molar-refractivity contribution in [3.8, 4) is 6.07 Å². The number of pyridine rings is 1. The van der Waals surface area contributed by atoms with Crippen LogP contribution in [0.25, 0.3) is 0 Å². The van der Waals surface area contributed by atoms with Crippen molar-refractivity contribution in [2.75, 3.05) is 23.8 Å². The molecule has 0 saturated heterocycles. The number of hydrogen-bond donors (Lipinski definition) is 2. The lowest BCUT2D eigenvalue weighted by Gasteiger charge is -2.28. The molecule has 0 spiro atoms. The molecule has 0 amide bonds. The van der Waals surface area contributed by atoms with Gasteiger partial charge < -0.3 is 15.7 Å². The van der Waals surface area contributed by atoms with Crippen molar-refractivity contribution >= 4 is 11.5 Å². The van der Waals surface area contributed by atoms with Gasteiger partial charge in [-0.05, 0) is 26.3 Å². The molecule has 5 nitrogen and oxygen atoms in total. The van der Waals surface area contributed by atoms with Gasteiger partial charge in [0.2, 0.25) is 0 Å². The van der Waals surface area contributed by atoms with Gasteiger partial charge in [-0.25, -0.2) is 4.98 Å². The highest BCUT2D eigenvalue weighted by Gasteiger charge is 2.14. The Kier molecular flexibility index (Phi) is 4.73. The summed E-state index contributed by atoms with van der Waals surface area (Å²) in [6.07, 6.45) is 2.18. The Balaban J connectivity index is 2.98. The Labute approximate surface area is 101 Å². The van der Waals surface area contributed by atoms with Crippen molar-refractivity contribution in [2.24, 2.45) is 0 Å². The summed E-state index contributed by atoms with van der Waals surface area (Å²) in [5.41, 5.74) is 6.84. The van der Waals surface area contributed by atoms with Gasteiger partial charge in [-0.1, -0.05) is 0 Å². The van der Waals surface area contributed by atoms with Gasteiger partial charge in [0.25, 0.3) is 0 Å². The van der Waals surface area contributed by atoms with E-state index in [1.54, 1.807) is 6.07 Å². The van der Waals surface area contributed by atoms with E-state index in [-0.39, 0.29) is 12.6 Å². The number of hydrogen-bond acceptors (Lipinski definition) is 5. The van der Waals surface area contributed by atoms with Crippen LogP contribution in [0.2, 0.25) is 0 Å².